The maximum Gasteiger partial charge on any atom is 0.269 e. The van der Waals surface area contributed by atoms with E-state index in [1.165, 1.54) is 24.3 Å². The lowest BCUT2D eigenvalue weighted by Crippen LogP contribution is -2.12. The van der Waals surface area contributed by atoms with Crippen LogP contribution in [0.4, 0.5) is 11.4 Å². The van der Waals surface area contributed by atoms with E-state index in [1.807, 2.05) is 6.92 Å². The fourth-order valence-corrected chi connectivity index (χ4v) is 1.94. The number of nitrogens with zero attached hydrogens (tertiary/aromatic N) is 1. The lowest BCUT2D eigenvalue weighted by Gasteiger charge is -2.08. The second-order valence-corrected chi connectivity index (χ2v) is 4.83. The Morgan fingerprint density at radius 3 is 2.33 bits per heavy atom. The number of carbonyl (C=O) groups is 1. The van der Waals surface area contributed by atoms with Crippen molar-refractivity contribution in [2.75, 3.05) is 25.1 Å². The molecule has 0 saturated heterocycles. The Labute approximate surface area is 139 Å². The molecular formula is C17H18N2O5. The molecule has 126 valence electrons. The number of hydrogen-bond donors (Lipinski definition) is 1. The van der Waals surface area contributed by atoms with Crippen LogP contribution in [-0.4, -0.2) is 30.7 Å². The zero-order chi connectivity index (χ0) is 17.4. The van der Waals surface area contributed by atoms with Gasteiger partial charge in [0.25, 0.3) is 11.6 Å². The number of carbonyl (C=O) groups excluding carboxylic acids is 1. The minimum Gasteiger partial charge on any atom is -0.491 e. The van der Waals surface area contributed by atoms with Gasteiger partial charge in [0.2, 0.25) is 0 Å². The zero-order valence-electron chi connectivity index (χ0n) is 13.2. The molecule has 1 amide bonds. The number of hydrogen-bond acceptors (Lipinski definition) is 5. The molecule has 7 nitrogen and oxygen atoms in total. The normalized spacial score (nSPS) is 10.2. The van der Waals surface area contributed by atoms with E-state index in [1.54, 1.807) is 24.3 Å². The standard InChI is InChI=1S/C17H18N2O5/c1-2-23-11-12-24-16-9-3-13(4-10-16)17(20)18-14-5-7-15(8-6-14)19(21)22/h3-10H,2,11-12H2,1H3,(H,18,20). The van der Waals surface area contributed by atoms with Crippen molar-refractivity contribution in [3.05, 3.63) is 64.2 Å². The van der Waals surface area contributed by atoms with Gasteiger partial charge in [-0.2, -0.15) is 0 Å². The average Bonchev–Trinajstić information content (AvgIpc) is 2.59. The molecule has 2 rings (SSSR count). The number of benzene rings is 2. The fraction of sp³-hybridized carbons (Fsp3) is 0.235. The summed E-state index contributed by atoms with van der Waals surface area (Å²) in [4.78, 5) is 22.2. The molecule has 0 atom stereocenters. The van der Waals surface area contributed by atoms with Gasteiger partial charge in [0.1, 0.15) is 12.4 Å². The molecule has 0 heterocycles. The predicted molar refractivity (Wildman–Crippen MR) is 89.5 cm³/mol. The van der Waals surface area contributed by atoms with Crippen LogP contribution in [-0.2, 0) is 4.74 Å². The third kappa shape index (κ3) is 5.06. The Bertz CT molecular complexity index is 683. The van der Waals surface area contributed by atoms with Gasteiger partial charge in [-0.3, -0.25) is 14.9 Å². The summed E-state index contributed by atoms with van der Waals surface area (Å²) >= 11 is 0. The van der Waals surface area contributed by atoms with Crippen molar-refractivity contribution in [1.82, 2.24) is 0 Å². The summed E-state index contributed by atoms with van der Waals surface area (Å²) in [5.41, 5.74) is 0.926. The van der Waals surface area contributed by atoms with Crippen molar-refractivity contribution < 1.29 is 19.2 Å². The molecule has 0 aromatic heterocycles. The lowest BCUT2D eigenvalue weighted by atomic mass is 10.2. The first-order valence-electron chi connectivity index (χ1n) is 7.46. The van der Waals surface area contributed by atoms with Gasteiger partial charge in [-0.15, -0.1) is 0 Å². The Hall–Kier alpha value is -2.93. The number of nitrogens with one attached hydrogen (secondary N) is 1. The van der Waals surface area contributed by atoms with Crippen LogP contribution < -0.4 is 10.1 Å². The van der Waals surface area contributed by atoms with Crippen LogP contribution in [0.15, 0.2) is 48.5 Å². The van der Waals surface area contributed by atoms with Gasteiger partial charge in [-0.1, -0.05) is 0 Å². The highest BCUT2D eigenvalue weighted by atomic mass is 16.6. The van der Waals surface area contributed by atoms with E-state index in [2.05, 4.69) is 5.32 Å². The SMILES string of the molecule is CCOCCOc1ccc(C(=O)Nc2ccc([N+](=O)[O-])cc2)cc1. The Morgan fingerprint density at radius 2 is 1.75 bits per heavy atom. The van der Waals surface area contributed by atoms with Gasteiger partial charge >= 0.3 is 0 Å². The molecule has 0 unspecified atom stereocenters. The molecule has 2 aromatic carbocycles. The largest absolute Gasteiger partial charge is 0.491 e. The molecule has 0 radical (unpaired) electrons. The average molecular weight is 330 g/mol. The number of non-ortho nitro benzene ring substituents is 1. The van der Waals surface area contributed by atoms with E-state index < -0.39 is 4.92 Å². The van der Waals surface area contributed by atoms with Gasteiger partial charge in [0, 0.05) is 30.0 Å². The minimum atomic E-state index is -0.490. The summed E-state index contributed by atoms with van der Waals surface area (Å²) in [6.07, 6.45) is 0. The Morgan fingerprint density at radius 1 is 1.08 bits per heavy atom. The molecule has 0 fully saturated rings. The van der Waals surface area contributed by atoms with Crippen LogP contribution in [0, 0.1) is 10.1 Å². The quantitative estimate of drug-likeness (QED) is 0.456. The lowest BCUT2D eigenvalue weighted by molar-refractivity contribution is -0.384. The van der Waals surface area contributed by atoms with Crippen LogP contribution in [0.5, 0.6) is 5.75 Å². The molecule has 2 aromatic rings. The van der Waals surface area contributed by atoms with Gasteiger partial charge < -0.3 is 14.8 Å². The first-order valence-corrected chi connectivity index (χ1v) is 7.46. The Kier molecular flexibility index (Phi) is 6.27. The van der Waals surface area contributed by atoms with Crippen LogP contribution >= 0.6 is 0 Å². The van der Waals surface area contributed by atoms with Crippen molar-refractivity contribution >= 4 is 17.3 Å². The third-order valence-corrected chi connectivity index (χ3v) is 3.15. The highest BCUT2D eigenvalue weighted by Gasteiger charge is 2.08. The molecule has 0 saturated carbocycles. The number of nitro groups is 1. The smallest absolute Gasteiger partial charge is 0.269 e. The van der Waals surface area contributed by atoms with E-state index in [-0.39, 0.29) is 11.6 Å². The van der Waals surface area contributed by atoms with Crippen molar-refractivity contribution in [3.63, 3.8) is 0 Å². The number of ether oxygens (including phenoxy) is 2. The number of rotatable bonds is 8. The van der Waals surface area contributed by atoms with Gasteiger partial charge in [-0.05, 0) is 43.3 Å². The van der Waals surface area contributed by atoms with E-state index in [4.69, 9.17) is 9.47 Å². The molecular weight excluding hydrogens is 312 g/mol. The topological polar surface area (TPSA) is 90.7 Å². The van der Waals surface area contributed by atoms with Crippen LogP contribution in [0.3, 0.4) is 0 Å². The molecule has 0 spiro atoms. The van der Waals surface area contributed by atoms with Crippen LogP contribution in [0.2, 0.25) is 0 Å². The van der Waals surface area contributed by atoms with Crippen molar-refractivity contribution in [2.24, 2.45) is 0 Å². The highest BCUT2D eigenvalue weighted by molar-refractivity contribution is 6.04. The molecule has 1 N–H and O–H groups in total. The van der Waals surface area contributed by atoms with Gasteiger partial charge in [0.15, 0.2) is 0 Å². The zero-order valence-corrected chi connectivity index (χ0v) is 13.2. The van der Waals surface area contributed by atoms with E-state index in [0.717, 1.165) is 0 Å². The van der Waals surface area contributed by atoms with E-state index >= 15 is 0 Å². The number of nitro benzene ring substituents is 1. The first kappa shape index (κ1) is 17.4. The van der Waals surface area contributed by atoms with Crippen molar-refractivity contribution in [3.8, 4) is 5.75 Å². The predicted octanol–water partition coefficient (Wildman–Crippen LogP) is 3.26. The van der Waals surface area contributed by atoms with Gasteiger partial charge in [0.05, 0.1) is 11.5 Å². The number of anilines is 1. The van der Waals surface area contributed by atoms with Crippen molar-refractivity contribution in [1.29, 1.82) is 0 Å². The molecule has 24 heavy (non-hydrogen) atoms. The fourth-order valence-electron chi connectivity index (χ4n) is 1.94. The number of amides is 1. The molecule has 0 aliphatic rings. The maximum absolute atomic E-state index is 12.1. The highest BCUT2D eigenvalue weighted by Crippen LogP contribution is 2.17. The summed E-state index contributed by atoms with van der Waals surface area (Å²) in [5, 5.41) is 13.3. The van der Waals surface area contributed by atoms with E-state index in [9.17, 15) is 14.9 Å². The van der Waals surface area contributed by atoms with Crippen LogP contribution in [0.1, 0.15) is 17.3 Å². The van der Waals surface area contributed by atoms with Gasteiger partial charge in [-0.25, -0.2) is 0 Å². The maximum atomic E-state index is 12.1. The second kappa shape index (κ2) is 8.64. The van der Waals surface area contributed by atoms with Crippen molar-refractivity contribution in [2.45, 2.75) is 6.92 Å². The second-order valence-electron chi connectivity index (χ2n) is 4.83. The molecule has 0 aliphatic carbocycles. The third-order valence-electron chi connectivity index (χ3n) is 3.15. The first-order chi connectivity index (χ1) is 11.6. The summed E-state index contributed by atoms with van der Waals surface area (Å²) in [6, 6.07) is 12.4. The Balaban J connectivity index is 1.91. The monoisotopic (exact) mass is 330 g/mol. The minimum absolute atomic E-state index is 0.0263. The van der Waals surface area contributed by atoms with E-state index in [0.29, 0.717) is 36.8 Å². The summed E-state index contributed by atoms with van der Waals surface area (Å²) in [7, 11) is 0. The molecule has 0 bridgehead atoms. The summed E-state index contributed by atoms with van der Waals surface area (Å²) in [6.45, 7) is 3.52. The molecule has 0 aliphatic heterocycles. The summed E-state index contributed by atoms with van der Waals surface area (Å²) < 4.78 is 10.7. The summed E-state index contributed by atoms with van der Waals surface area (Å²) in [5.74, 6) is 0.353. The van der Waals surface area contributed by atoms with Crippen LogP contribution in [0.25, 0.3) is 0 Å². The molecule has 7 heteroatoms.